The molecule has 0 saturated carbocycles. The standard InChI is InChI=1S/C10H15N5OS/c1-7-9(17-8(2)14-7)10(16)12-5-3-4-6-13-15-11/h3-6H2,1-2H3,(H,12,16). The summed E-state index contributed by atoms with van der Waals surface area (Å²) in [6.07, 6.45) is 1.59. The fourth-order valence-corrected chi connectivity index (χ4v) is 2.21. The smallest absolute Gasteiger partial charge is 0.263 e. The first-order valence-electron chi connectivity index (χ1n) is 5.38. The van der Waals surface area contributed by atoms with Crippen LogP contribution in [0.3, 0.4) is 0 Å². The molecular formula is C10H15N5OS. The summed E-state index contributed by atoms with van der Waals surface area (Å²) in [7, 11) is 0. The molecule has 0 aliphatic rings. The maximum absolute atomic E-state index is 11.7. The van der Waals surface area contributed by atoms with Crippen LogP contribution in [0.1, 0.15) is 33.2 Å². The molecule has 1 aromatic heterocycles. The van der Waals surface area contributed by atoms with Crippen molar-refractivity contribution in [1.82, 2.24) is 10.3 Å². The van der Waals surface area contributed by atoms with Crippen LogP contribution in [0.2, 0.25) is 0 Å². The van der Waals surface area contributed by atoms with Crippen LogP contribution in [-0.2, 0) is 0 Å². The van der Waals surface area contributed by atoms with Gasteiger partial charge in [-0.1, -0.05) is 5.11 Å². The van der Waals surface area contributed by atoms with E-state index in [-0.39, 0.29) is 5.91 Å². The van der Waals surface area contributed by atoms with Crippen LogP contribution in [0.15, 0.2) is 5.11 Å². The van der Waals surface area contributed by atoms with Gasteiger partial charge in [-0.3, -0.25) is 4.79 Å². The molecule has 0 fully saturated rings. The maximum Gasteiger partial charge on any atom is 0.263 e. The summed E-state index contributed by atoms with van der Waals surface area (Å²) in [5.74, 6) is -0.0723. The van der Waals surface area contributed by atoms with Crippen LogP contribution >= 0.6 is 11.3 Å². The van der Waals surface area contributed by atoms with Crippen LogP contribution in [-0.4, -0.2) is 24.0 Å². The average molecular weight is 253 g/mol. The Labute approximate surface area is 104 Å². The minimum absolute atomic E-state index is 0.0723. The minimum atomic E-state index is -0.0723. The molecule has 1 heterocycles. The van der Waals surface area contributed by atoms with E-state index in [0.717, 1.165) is 23.5 Å². The van der Waals surface area contributed by atoms with Crippen molar-refractivity contribution in [3.63, 3.8) is 0 Å². The van der Waals surface area contributed by atoms with E-state index in [1.54, 1.807) is 0 Å². The van der Waals surface area contributed by atoms with Gasteiger partial charge in [0, 0.05) is 18.0 Å². The zero-order valence-electron chi connectivity index (χ0n) is 9.93. The van der Waals surface area contributed by atoms with Crippen molar-refractivity contribution in [3.8, 4) is 0 Å². The third-order valence-corrected chi connectivity index (χ3v) is 3.22. The molecule has 0 aliphatic heterocycles. The van der Waals surface area contributed by atoms with Crippen LogP contribution in [0.5, 0.6) is 0 Å². The second-order valence-corrected chi connectivity index (χ2v) is 4.77. The van der Waals surface area contributed by atoms with E-state index < -0.39 is 0 Å². The molecule has 0 unspecified atom stereocenters. The lowest BCUT2D eigenvalue weighted by Gasteiger charge is -2.02. The molecule has 92 valence electrons. The average Bonchev–Trinajstić information content (AvgIpc) is 2.62. The van der Waals surface area contributed by atoms with Gasteiger partial charge in [0.15, 0.2) is 0 Å². The zero-order chi connectivity index (χ0) is 12.7. The summed E-state index contributed by atoms with van der Waals surface area (Å²) in [5.41, 5.74) is 8.85. The van der Waals surface area contributed by atoms with Crippen molar-refractivity contribution in [2.24, 2.45) is 5.11 Å². The predicted octanol–water partition coefficient (Wildman–Crippen LogP) is 2.58. The first kappa shape index (κ1) is 13.5. The highest BCUT2D eigenvalue weighted by Crippen LogP contribution is 2.16. The summed E-state index contributed by atoms with van der Waals surface area (Å²) in [4.78, 5) is 19.3. The van der Waals surface area contributed by atoms with Gasteiger partial charge in [0.2, 0.25) is 0 Å². The molecule has 6 nitrogen and oxygen atoms in total. The Morgan fingerprint density at radius 3 is 2.88 bits per heavy atom. The van der Waals surface area contributed by atoms with Crippen molar-refractivity contribution in [1.29, 1.82) is 0 Å². The molecule has 0 radical (unpaired) electrons. The monoisotopic (exact) mass is 253 g/mol. The number of azide groups is 1. The number of hydrogen-bond acceptors (Lipinski definition) is 4. The van der Waals surface area contributed by atoms with E-state index in [9.17, 15) is 4.79 Å². The third-order valence-electron chi connectivity index (χ3n) is 2.14. The highest BCUT2D eigenvalue weighted by Gasteiger charge is 2.12. The molecule has 1 rings (SSSR count). The van der Waals surface area contributed by atoms with Crippen molar-refractivity contribution in [2.75, 3.05) is 13.1 Å². The number of aromatic nitrogens is 1. The van der Waals surface area contributed by atoms with Gasteiger partial charge in [-0.15, -0.1) is 11.3 Å². The first-order chi connectivity index (χ1) is 8.15. The van der Waals surface area contributed by atoms with Gasteiger partial charge in [0.05, 0.1) is 10.7 Å². The molecular weight excluding hydrogens is 238 g/mol. The van der Waals surface area contributed by atoms with Gasteiger partial charge in [-0.2, -0.15) is 0 Å². The first-order valence-corrected chi connectivity index (χ1v) is 6.20. The van der Waals surface area contributed by atoms with Gasteiger partial charge in [-0.05, 0) is 32.2 Å². The quantitative estimate of drug-likeness (QED) is 0.365. The fraction of sp³-hybridized carbons (Fsp3) is 0.600. The Morgan fingerprint density at radius 1 is 1.53 bits per heavy atom. The van der Waals surface area contributed by atoms with Crippen molar-refractivity contribution in [2.45, 2.75) is 26.7 Å². The Balaban J connectivity index is 2.30. The number of thiazole rings is 1. The lowest BCUT2D eigenvalue weighted by molar-refractivity contribution is 0.0956. The fourth-order valence-electron chi connectivity index (χ4n) is 1.38. The number of unbranched alkanes of at least 4 members (excludes halogenated alkanes) is 1. The molecule has 7 heteroatoms. The zero-order valence-corrected chi connectivity index (χ0v) is 10.8. The summed E-state index contributed by atoms with van der Waals surface area (Å²) in [6, 6.07) is 0. The lowest BCUT2D eigenvalue weighted by Crippen LogP contribution is -2.24. The number of aryl methyl sites for hydroxylation is 2. The molecule has 0 bridgehead atoms. The second kappa shape index (κ2) is 6.88. The highest BCUT2D eigenvalue weighted by molar-refractivity contribution is 7.13. The van der Waals surface area contributed by atoms with E-state index in [2.05, 4.69) is 20.3 Å². The Hall–Kier alpha value is -1.59. The Bertz CT molecular complexity index is 436. The third kappa shape index (κ3) is 4.42. The molecule has 1 amide bonds. The van der Waals surface area contributed by atoms with Crippen LogP contribution in [0.4, 0.5) is 0 Å². The SMILES string of the molecule is Cc1nc(C)c(C(=O)NCCCCN=[N+]=[N-])s1. The van der Waals surface area contributed by atoms with E-state index >= 15 is 0 Å². The topological polar surface area (TPSA) is 90.8 Å². The molecule has 0 aliphatic carbocycles. The number of nitrogens with zero attached hydrogens (tertiary/aromatic N) is 4. The Kier molecular flexibility index (Phi) is 5.45. The summed E-state index contributed by atoms with van der Waals surface area (Å²) in [6.45, 7) is 4.79. The number of carbonyl (C=O) groups excluding carboxylic acids is 1. The van der Waals surface area contributed by atoms with Gasteiger partial charge < -0.3 is 5.32 Å². The highest BCUT2D eigenvalue weighted by atomic mass is 32.1. The lowest BCUT2D eigenvalue weighted by atomic mass is 10.3. The summed E-state index contributed by atoms with van der Waals surface area (Å²) >= 11 is 1.40. The van der Waals surface area contributed by atoms with Gasteiger partial charge in [-0.25, -0.2) is 4.98 Å². The van der Waals surface area contributed by atoms with Crippen LogP contribution in [0.25, 0.3) is 10.4 Å². The number of nitrogens with one attached hydrogen (secondary N) is 1. The molecule has 0 aromatic carbocycles. The number of amides is 1. The van der Waals surface area contributed by atoms with E-state index in [1.165, 1.54) is 11.3 Å². The molecule has 0 atom stereocenters. The van der Waals surface area contributed by atoms with E-state index in [0.29, 0.717) is 18.0 Å². The second-order valence-electron chi connectivity index (χ2n) is 3.56. The number of hydrogen-bond donors (Lipinski definition) is 1. The Morgan fingerprint density at radius 2 is 2.29 bits per heavy atom. The van der Waals surface area contributed by atoms with Crippen molar-refractivity contribution >= 4 is 17.2 Å². The minimum Gasteiger partial charge on any atom is -0.351 e. The van der Waals surface area contributed by atoms with E-state index in [4.69, 9.17) is 5.53 Å². The summed E-state index contributed by atoms with van der Waals surface area (Å²) < 4.78 is 0. The number of rotatable bonds is 6. The largest absolute Gasteiger partial charge is 0.351 e. The molecule has 0 spiro atoms. The molecule has 0 saturated heterocycles. The summed E-state index contributed by atoms with van der Waals surface area (Å²) in [5, 5.41) is 7.15. The molecule has 1 N–H and O–H groups in total. The van der Waals surface area contributed by atoms with Crippen molar-refractivity contribution < 1.29 is 4.79 Å². The molecule has 1 aromatic rings. The van der Waals surface area contributed by atoms with Crippen molar-refractivity contribution in [3.05, 3.63) is 26.0 Å². The predicted molar refractivity (Wildman–Crippen MR) is 67.2 cm³/mol. The normalized spacial score (nSPS) is 9.76. The van der Waals surface area contributed by atoms with Gasteiger partial charge in [0.1, 0.15) is 4.88 Å². The van der Waals surface area contributed by atoms with Crippen LogP contribution < -0.4 is 5.32 Å². The van der Waals surface area contributed by atoms with Gasteiger partial charge >= 0.3 is 0 Å². The van der Waals surface area contributed by atoms with Crippen LogP contribution in [0, 0.1) is 13.8 Å². The maximum atomic E-state index is 11.7. The molecule has 17 heavy (non-hydrogen) atoms. The van der Waals surface area contributed by atoms with Gasteiger partial charge in [0.25, 0.3) is 5.91 Å². The van der Waals surface area contributed by atoms with E-state index in [1.807, 2.05) is 13.8 Å². The number of carbonyl (C=O) groups is 1.